The van der Waals surface area contributed by atoms with Gasteiger partial charge in [0.1, 0.15) is 0 Å². The Morgan fingerprint density at radius 3 is 1.87 bits per heavy atom. The lowest BCUT2D eigenvalue weighted by atomic mass is 9.77. The normalized spacial score (nSPS) is 19.0. The van der Waals surface area contributed by atoms with Gasteiger partial charge in [-0.05, 0) is 117 Å². The van der Waals surface area contributed by atoms with Crippen LogP contribution in [0.25, 0.3) is 62.9 Å². The number of allylic oxidation sites excluding steroid dienone is 6. The maximum Gasteiger partial charge on any atom is -0.00204 e. The molecule has 0 nitrogen and oxygen atoms in total. The number of hydrogen-bond acceptors (Lipinski definition) is 0. The summed E-state index contributed by atoms with van der Waals surface area (Å²) in [6, 6.07) is 22.5. The molecule has 0 heteroatoms. The highest BCUT2D eigenvalue weighted by molar-refractivity contribution is 6.12. The van der Waals surface area contributed by atoms with Crippen LogP contribution in [0.15, 0.2) is 116 Å². The fourth-order valence-corrected chi connectivity index (χ4v) is 7.80. The SMILES string of the molecule is C=Cc1c(-c2c(C=C)c(C=C)c(-c3ccc(C4=C/C(C)=C\CC\C(C)=C\4)cc3)c3ccccc23)ccc(C2CCCCC2)c1C=C. The quantitative estimate of drug-likeness (QED) is 0.189. The Labute approximate surface area is 276 Å². The number of benzene rings is 4. The van der Waals surface area contributed by atoms with Crippen molar-refractivity contribution in [2.24, 2.45) is 0 Å². The fraction of sp³-hybridized carbons (Fsp3) is 0.217. The lowest BCUT2D eigenvalue weighted by Gasteiger charge is -2.27. The van der Waals surface area contributed by atoms with Crippen molar-refractivity contribution < 1.29 is 0 Å². The van der Waals surface area contributed by atoms with Gasteiger partial charge in [0.15, 0.2) is 0 Å². The van der Waals surface area contributed by atoms with Crippen molar-refractivity contribution in [2.75, 3.05) is 0 Å². The highest BCUT2D eigenvalue weighted by atomic mass is 14.3. The topological polar surface area (TPSA) is 0 Å². The molecule has 4 aromatic rings. The van der Waals surface area contributed by atoms with Crippen LogP contribution in [0.1, 0.15) is 98.1 Å². The molecular weight excluding hydrogens is 553 g/mol. The van der Waals surface area contributed by atoms with Crippen LogP contribution in [0.5, 0.6) is 0 Å². The molecule has 0 bridgehead atoms. The Hall–Kier alpha value is -4.68. The first-order valence-electron chi connectivity index (χ1n) is 16.9. The largest absolute Gasteiger partial charge is 0.0984 e. The van der Waals surface area contributed by atoms with Gasteiger partial charge in [0.25, 0.3) is 0 Å². The van der Waals surface area contributed by atoms with Gasteiger partial charge in [-0.25, -0.2) is 0 Å². The van der Waals surface area contributed by atoms with Crippen LogP contribution in [-0.4, -0.2) is 0 Å². The molecule has 0 saturated heterocycles. The van der Waals surface area contributed by atoms with Crippen molar-refractivity contribution in [3.8, 4) is 22.3 Å². The van der Waals surface area contributed by atoms with Gasteiger partial charge in [-0.2, -0.15) is 0 Å². The number of rotatable bonds is 8. The zero-order valence-corrected chi connectivity index (χ0v) is 27.7. The predicted octanol–water partition coefficient (Wildman–Crippen LogP) is 13.9. The van der Waals surface area contributed by atoms with Crippen molar-refractivity contribution >= 4 is 40.6 Å². The van der Waals surface area contributed by atoms with Crippen molar-refractivity contribution in [2.45, 2.75) is 64.7 Å². The molecule has 46 heavy (non-hydrogen) atoms. The first-order valence-corrected chi connectivity index (χ1v) is 16.9. The maximum absolute atomic E-state index is 4.35. The van der Waals surface area contributed by atoms with E-state index in [-0.39, 0.29) is 0 Å². The van der Waals surface area contributed by atoms with E-state index >= 15 is 0 Å². The first kappa shape index (κ1) is 31.3. The van der Waals surface area contributed by atoms with E-state index in [9.17, 15) is 0 Å². The highest BCUT2D eigenvalue weighted by Crippen LogP contribution is 2.46. The van der Waals surface area contributed by atoms with E-state index in [2.05, 4.69) is 119 Å². The maximum atomic E-state index is 4.35. The third kappa shape index (κ3) is 5.85. The second-order valence-corrected chi connectivity index (χ2v) is 13.0. The van der Waals surface area contributed by atoms with E-state index < -0.39 is 0 Å². The van der Waals surface area contributed by atoms with Crippen LogP contribution in [0.3, 0.4) is 0 Å². The molecule has 6 rings (SSSR count). The molecule has 0 aliphatic heterocycles. The van der Waals surface area contributed by atoms with E-state index in [1.54, 1.807) is 0 Å². The van der Waals surface area contributed by atoms with Crippen LogP contribution in [-0.2, 0) is 0 Å². The van der Waals surface area contributed by atoms with Crippen molar-refractivity contribution in [3.05, 3.63) is 150 Å². The molecule has 0 spiro atoms. The zero-order valence-electron chi connectivity index (χ0n) is 27.7. The van der Waals surface area contributed by atoms with Gasteiger partial charge >= 0.3 is 0 Å². The monoisotopic (exact) mass is 598 g/mol. The van der Waals surface area contributed by atoms with Gasteiger partial charge in [0.05, 0.1) is 0 Å². The lowest BCUT2D eigenvalue weighted by Crippen LogP contribution is -2.08. The average molecular weight is 599 g/mol. The summed E-state index contributed by atoms with van der Waals surface area (Å²) in [5.74, 6) is 0.580. The molecule has 0 heterocycles. The standard InChI is InChI=1S/C46H46/c1-7-37-38(8-2)44(28-27-41(37)34-19-12-11-13-20-34)46-40(10-4)39(9-3)45(42-21-14-15-22-43(42)46)35-25-23-33(24-26-35)36-29-31(5)17-16-18-32(6)30-36/h7-10,14-15,17,21-30,34H,1-4,11-13,16,18-20H2,5-6H3/b31-17-,32-30+,36-29+. The fourth-order valence-electron chi connectivity index (χ4n) is 7.80. The molecule has 1 fully saturated rings. The smallest absolute Gasteiger partial charge is 0.00204 e. The van der Waals surface area contributed by atoms with Crippen LogP contribution >= 0.6 is 0 Å². The molecule has 0 unspecified atom stereocenters. The van der Waals surface area contributed by atoms with Crippen molar-refractivity contribution in [1.82, 2.24) is 0 Å². The Morgan fingerprint density at radius 1 is 0.609 bits per heavy atom. The van der Waals surface area contributed by atoms with Crippen LogP contribution in [0, 0.1) is 0 Å². The van der Waals surface area contributed by atoms with Crippen LogP contribution < -0.4 is 0 Å². The Balaban J connectivity index is 1.56. The molecule has 4 aromatic carbocycles. The molecule has 2 aliphatic rings. The Kier molecular flexibility index (Phi) is 9.36. The van der Waals surface area contributed by atoms with Crippen LogP contribution in [0.4, 0.5) is 0 Å². The molecule has 2 aliphatic carbocycles. The summed E-state index contributed by atoms with van der Waals surface area (Å²) in [6.45, 7) is 21.7. The second kappa shape index (κ2) is 13.8. The number of hydrogen-bond donors (Lipinski definition) is 0. The summed E-state index contributed by atoms with van der Waals surface area (Å²) in [7, 11) is 0. The van der Waals surface area contributed by atoms with Gasteiger partial charge in [-0.3, -0.25) is 0 Å². The molecule has 230 valence electrons. The molecule has 0 aromatic heterocycles. The van der Waals surface area contributed by atoms with Crippen molar-refractivity contribution in [3.63, 3.8) is 0 Å². The van der Waals surface area contributed by atoms with E-state index in [4.69, 9.17) is 0 Å². The Bertz CT molecular complexity index is 1930. The van der Waals surface area contributed by atoms with Gasteiger partial charge in [-0.1, -0.05) is 160 Å². The van der Waals surface area contributed by atoms with Gasteiger partial charge < -0.3 is 0 Å². The predicted molar refractivity (Wildman–Crippen MR) is 206 cm³/mol. The van der Waals surface area contributed by atoms with E-state index in [1.165, 1.54) is 98.5 Å². The van der Waals surface area contributed by atoms with E-state index in [0.29, 0.717) is 5.92 Å². The summed E-state index contributed by atoms with van der Waals surface area (Å²) < 4.78 is 0. The van der Waals surface area contributed by atoms with E-state index in [1.807, 2.05) is 24.3 Å². The molecule has 0 amide bonds. The second-order valence-electron chi connectivity index (χ2n) is 13.0. The third-order valence-corrected chi connectivity index (χ3v) is 10.0. The summed E-state index contributed by atoms with van der Waals surface area (Å²) in [5.41, 5.74) is 15.9. The van der Waals surface area contributed by atoms with Gasteiger partial charge in [0, 0.05) is 0 Å². The lowest BCUT2D eigenvalue weighted by molar-refractivity contribution is 0.443. The molecule has 0 atom stereocenters. The van der Waals surface area contributed by atoms with Gasteiger partial charge in [-0.15, -0.1) is 0 Å². The van der Waals surface area contributed by atoms with Crippen LogP contribution in [0.2, 0.25) is 0 Å². The minimum Gasteiger partial charge on any atom is -0.0984 e. The van der Waals surface area contributed by atoms with Gasteiger partial charge in [0.2, 0.25) is 0 Å². The summed E-state index contributed by atoms with van der Waals surface area (Å²) in [4.78, 5) is 0. The molecule has 0 radical (unpaired) electrons. The van der Waals surface area contributed by atoms with Crippen molar-refractivity contribution in [1.29, 1.82) is 0 Å². The first-order chi connectivity index (χ1) is 22.5. The average Bonchev–Trinajstić information content (AvgIpc) is 3.09. The summed E-state index contributed by atoms with van der Waals surface area (Å²) in [6.07, 6.45) is 23.7. The highest BCUT2D eigenvalue weighted by Gasteiger charge is 2.24. The van der Waals surface area contributed by atoms with E-state index in [0.717, 1.165) is 29.5 Å². The molecule has 1 saturated carbocycles. The zero-order chi connectivity index (χ0) is 32.2. The number of fused-ring (bicyclic) bond motifs is 1. The molecular formula is C46H46. The Morgan fingerprint density at radius 2 is 1.22 bits per heavy atom. The third-order valence-electron chi connectivity index (χ3n) is 10.0. The minimum absolute atomic E-state index is 0.580. The molecule has 0 N–H and O–H groups in total. The summed E-state index contributed by atoms with van der Waals surface area (Å²) in [5, 5.41) is 2.41. The summed E-state index contributed by atoms with van der Waals surface area (Å²) >= 11 is 0. The minimum atomic E-state index is 0.580.